The molecule has 1 atom stereocenters. The Morgan fingerprint density at radius 2 is 0.465 bits per heavy atom. The van der Waals surface area contributed by atoms with Gasteiger partial charge in [-0.2, -0.15) is 0 Å². The van der Waals surface area contributed by atoms with Crippen LogP contribution in [0, 0.1) is 0 Å². The zero-order valence-electron chi connectivity index (χ0n) is 81.0. The minimum atomic E-state index is -3.13. The van der Waals surface area contributed by atoms with E-state index in [0.29, 0.717) is 0 Å². The van der Waals surface area contributed by atoms with E-state index in [1.165, 1.54) is 160 Å². The van der Waals surface area contributed by atoms with Crippen molar-refractivity contribution < 1.29 is 0 Å². The van der Waals surface area contributed by atoms with Crippen molar-refractivity contribution in [3.05, 3.63) is 647 Å². The number of benzene rings is 22. The number of hydrogen-bond acceptors (Lipinski definition) is 2. The highest BCUT2D eigenvalue weighted by Gasteiger charge is 2.57. The lowest BCUT2D eigenvalue weighted by Crippen LogP contribution is -2.74. The summed E-state index contributed by atoms with van der Waals surface area (Å²) < 4.78 is 0. The molecule has 682 valence electrons. The summed E-state index contributed by atoms with van der Waals surface area (Å²) in [5, 5.41) is 5.26. The van der Waals surface area contributed by atoms with E-state index in [4.69, 9.17) is 0 Å². The van der Waals surface area contributed by atoms with Crippen LogP contribution in [-0.4, -0.2) is 8.07 Å². The van der Waals surface area contributed by atoms with Gasteiger partial charge in [-0.25, -0.2) is 0 Å². The van der Waals surface area contributed by atoms with E-state index in [0.717, 1.165) is 61.9 Å². The Hall–Kier alpha value is -17.3. The van der Waals surface area contributed by atoms with Gasteiger partial charge in [-0.3, -0.25) is 0 Å². The van der Waals surface area contributed by atoms with Crippen molar-refractivity contribution in [3.8, 4) is 77.9 Å². The second-order valence-corrected chi connectivity index (χ2v) is 44.0. The van der Waals surface area contributed by atoms with Gasteiger partial charge < -0.3 is 9.80 Å². The van der Waals surface area contributed by atoms with Crippen LogP contribution in [0.5, 0.6) is 0 Å². The molecule has 0 saturated heterocycles. The molecule has 0 radical (unpaired) electrons. The third-order valence-corrected chi connectivity index (χ3v) is 37.1. The van der Waals surface area contributed by atoms with Gasteiger partial charge in [0.2, 0.25) is 0 Å². The van der Waals surface area contributed by atoms with E-state index in [-0.39, 0.29) is 5.41 Å². The summed E-state index contributed by atoms with van der Waals surface area (Å²) in [6, 6.07) is 211. The van der Waals surface area contributed by atoms with Crippen molar-refractivity contribution in [2.45, 2.75) is 54.8 Å². The number of fused-ring (bicyclic) bond motifs is 18. The van der Waals surface area contributed by atoms with Gasteiger partial charge >= 0.3 is 0 Å². The highest BCUT2D eigenvalue weighted by atomic mass is 28.3. The molecule has 22 aromatic rings. The molecule has 3 heteroatoms. The zero-order chi connectivity index (χ0) is 96.3. The molecule has 2 nitrogen and oxygen atoms in total. The van der Waals surface area contributed by atoms with Crippen LogP contribution in [-0.2, 0) is 27.1 Å². The monoisotopic (exact) mass is 1850 g/mol. The third-order valence-electron chi connectivity index (χ3n) is 32.3. The highest BCUT2D eigenvalue weighted by molar-refractivity contribution is 7.20. The molecule has 144 heavy (non-hydrogen) atoms. The lowest BCUT2D eigenvalue weighted by atomic mass is 9.54. The van der Waals surface area contributed by atoms with Crippen LogP contribution in [0.15, 0.2) is 558 Å². The normalized spacial score (nSPS) is 14.4. The molecule has 0 aromatic heterocycles. The van der Waals surface area contributed by atoms with Gasteiger partial charge in [0.1, 0.15) is 0 Å². The highest BCUT2D eigenvalue weighted by Crippen LogP contribution is 2.67. The van der Waals surface area contributed by atoms with Crippen molar-refractivity contribution in [2.24, 2.45) is 0 Å². The topological polar surface area (TPSA) is 6.48 Å². The van der Waals surface area contributed by atoms with E-state index in [1.54, 1.807) is 0 Å². The molecule has 0 N–H and O–H groups in total. The zero-order valence-corrected chi connectivity index (χ0v) is 82.0. The molecule has 0 fully saturated rings. The summed E-state index contributed by atoms with van der Waals surface area (Å²) in [4.78, 5) is 4.92. The average Bonchev–Trinajstić information content (AvgIpc) is 1.47. The largest absolute Gasteiger partial charge is 0.310 e. The van der Waals surface area contributed by atoms with Gasteiger partial charge in [-0.1, -0.05) is 519 Å². The van der Waals surface area contributed by atoms with Crippen molar-refractivity contribution in [3.63, 3.8) is 0 Å². The average molecular weight is 1850 g/mol. The number of hydrogen-bond donors (Lipinski definition) is 0. The molecule has 1 unspecified atom stereocenters. The lowest BCUT2D eigenvalue weighted by molar-refractivity contribution is 0.565. The predicted molar refractivity (Wildman–Crippen MR) is 604 cm³/mol. The minimum absolute atomic E-state index is 0.375. The summed E-state index contributed by atoms with van der Waals surface area (Å²) in [6.45, 7) is 9.83. The maximum absolute atomic E-state index is 3.13. The van der Waals surface area contributed by atoms with E-state index >= 15 is 0 Å². The van der Waals surface area contributed by atoms with Crippen molar-refractivity contribution in [1.29, 1.82) is 0 Å². The fourth-order valence-electron chi connectivity index (χ4n) is 26.3. The smallest absolute Gasteiger partial charge is 0.179 e. The van der Waals surface area contributed by atoms with Gasteiger partial charge in [0, 0.05) is 44.8 Å². The van der Waals surface area contributed by atoms with Gasteiger partial charge in [0.05, 0.1) is 21.9 Å². The molecule has 2 spiro atoms. The summed E-state index contributed by atoms with van der Waals surface area (Å²) >= 11 is 0. The Kier molecular flexibility index (Phi) is 21.1. The lowest BCUT2D eigenvalue weighted by Gasteiger charge is -2.47. The Morgan fingerprint density at radius 3 is 0.944 bits per heavy atom. The van der Waals surface area contributed by atoms with Crippen LogP contribution < -0.4 is 30.5 Å². The predicted octanol–water partition coefficient (Wildman–Crippen LogP) is 32.7. The Balaban J connectivity index is 0.560. The molecule has 26 rings (SSSR count). The standard InChI is InChI=1S/C141H104N2Si/c1-137(2)127-75-34-36-77-129(127)141(131-79-42-69-117(135(131)137)102-46-40-58-110(96-102)142(107-53-18-8-19-54-107)109-57-38-44-100(94-109)97-82-88-106(89-83-97)139(103-47-12-5-13-48-103,104-49-14-6-15-50-104)105-51-16-7-17-52-105)125-73-32-28-67-122(125)134-116(68-41-78-130(134)141)99-86-92-115(93-87-99)144(112-60-22-10-23-61-112,113-62-24-11-25-63-113)114-90-84-98(85-91-114)101-45-39-59-111(95-101)143(108-55-20-9-21-56-108)133-81-37-29-66-120(133)121-70-43-80-132-136(121)138(3,4)126-74-33-35-76-128(126)140(132)123-71-30-26-64-118(123)119-65-27-31-72-124(119)140/h5-96H,1-4H3. The molecule has 4 aliphatic carbocycles. The number of para-hydroxylation sites is 3. The summed E-state index contributed by atoms with van der Waals surface area (Å²) in [7, 11) is -3.13. The van der Waals surface area contributed by atoms with E-state index in [1.807, 2.05) is 0 Å². The number of rotatable bonds is 19. The SMILES string of the molecule is CC1(C)c2ccccc2C2(c3ccccc3-c3ccccc32)c2cccc(-c3ccccc3N(c3ccccc3)c3cccc(-c4ccc([Si](c5ccccc5)(c5ccccc5)c5ccc(-c6cccc7c6-c6ccccc6C76c7ccccc7C(C)(C)c7c(-c8cccc(N(c9ccccc9)c9cccc(-c%10ccc(C(c%11ccccc%11)(c%11ccccc%11)c%11ccccc%11)cc%10)c9)c8)cccc76)cc5)cc4)c3)c21. The van der Waals surface area contributed by atoms with Crippen LogP contribution in [0.2, 0.25) is 0 Å². The quantitative estimate of drug-likeness (QED) is 0.0588. The Morgan fingerprint density at radius 1 is 0.174 bits per heavy atom. The second kappa shape index (κ2) is 34.9. The Bertz CT molecular complexity index is 8470. The number of anilines is 6. The van der Waals surface area contributed by atoms with Crippen LogP contribution in [0.3, 0.4) is 0 Å². The van der Waals surface area contributed by atoms with Crippen LogP contribution in [0.25, 0.3) is 77.9 Å². The molecule has 0 saturated carbocycles. The molecule has 4 aliphatic rings. The second-order valence-electron chi connectivity index (χ2n) is 40.2. The first kappa shape index (κ1) is 87.0. The summed E-state index contributed by atoms with van der Waals surface area (Å²) in [6.07, 6.45) is 0. The maximum atomic E-state index is 2.49. The van der Waals surface area contributed by atoms with Crippen molar-refractivity contribution in [2.75, 3.05) is 9.80 Å². The van der Waals surface area contributed by atoms with Gasteiger partial charge in [0.25, 0.3) is 0 Å². The summed E-state index contributed by atoms with van der Waals surface area (Å²) in [5.74, 6) is 0. The molecule has 0 bridgehead atoms. The fraction of sp³-hybridized carbons (Fsp3) is 0.0638. The third kappa shape index (κ3) is 13.3. The van der Waals surface area contributed by atoms with Gasteiger partial charge in [0.15, 0.2) is 8.07 Å². The fourth-order valence-corrected chi connectivity index (χ4v) is 31.0. The van der Waals surface area contributed by atoms with E-state index < -0.39 is 29.7 Å². The van der Waals surface area contributed by atoms with Gasteiger partial charge in [-0.15, -0.1) is 0 Å². The van der Waals surface area contributed by atoms with Crippen LogP contribution in [0.4, 0.5) is 34.1 Å². The molecule has 0 amide bonds. The number of nitrogens with zero attached hydrogens (tertiary/aromatic N) is 2. The van der Waals surface area contributed by atoms with E-state index in [2.05, 4.69) is 596 Å². The first-order valence-electron chi connectivity index (χ1n) is 50.6. The molecular formula is C141H104N2Si. The van der Waals surface area contributed by atoms with Crippen LogP contribution >= 0.6 is 0 Å². The van der Waals surface area contributed by atoms with Crippen molar-refractivity contribution in [1.82, 2.24) is 0 Å². The first-order valence-corrected chi connectivity index (χ1v) is 52.6. The molecule has 0 aliphatic heterocycles. The first-order chi connectivity index (χ1) is 71.0. The minimum Gasteiger partial charge on any atom is -0.310 e. The van der Waals surface area contributed by atoms with E-state index in [9.17, 15) is 0 Å². The summed E-state index contributed by atoms with van der Waals surface area (Å²) in [5.41, 5.74) is 41.6. The van der Waals surface area contributed by atoms with Crippen molar-refractivity contribution >= 4 is 62.9 Å². The maximum Gasteiger partial charge on any atom is 0.179 e. The van der Waals surface area contributed by atoms with Gasteiger partial charge in [-0.05, 0) is 249 Å². The Labute approximate surface area is 846 Å². The van der Waals surface area contributed by atoms with Crippen LogP contribution in [0.1, 0.15) is 117 Å². The molecule has 22 aromatic carbocycles. The molecular weight excluding hydrogens is 1750 g/mol. The molecule has 0 heterocycles.